The summed E-state index contributed by atoms with van der Waals surface area (Å²) in [4.78, 5) is 23.6. The Bertz CT molecular complexity index is 592. The Morgan fingerprint density at radius 2 is 2.19 bits per heavy atom. The molecule has 1 aliphatic heterocycles. The van der Waals surface area contributed by atoms with Gasteiger partial charge in [0.15, 0.2) is 0 Å². The molecule has 0 aromatic heterocycles. The van der Waals surface area contributed by atoms with Gasteiger partial charge in [0.05, 0.1) is 25.2 Å². The van der Waals surface area contributed by atoms with E-state index in [1.54, 1.807) is 18.2 Å². The van der Waals surface area contributed by atoms with Crippen LogP contribution in [0.1, 0.15) is 6.42 Å². The van der Waals surface area contributed by atoms with E-state index in [1.165, 1.54) is 26.0 Å². The Hall–Kier alpha value is -1.80. The summed E-state index contributed by atoms with van der Waals surface area (Å²) in [7, 11) is 3.05. The fourth-order valence-electron chi connectivity index (χ4n) is 1.81. The van der Waals surface area contributed by atoms with Crippen molar-refractivity contribution in [1.29, 1.82) is 0 Å². The molecule has 1 saturated heterocycles. The highest BCUT2D eigenvalue weighted by molar-refractivity contribution is 8.24. The molecule has 112 valence electrons. The smallest absolute Gasteiger partial charge is 0.239 e. The number of nitrogens with one attached hydrogen (secondary N) is 2. The molecule has 1 atom stereocenters. The second-order valence-corrected chi connectivity index (χ2v) is 6.08. The third kappa shape index (κ3) is 3.85. The number of amides is 2. The van der Waals surface area contributed by atoms with E-state index in [1.807, 2.05) is 0 Å². The number of carbonyl (C=O) groups is 2. The molecule has 0 aliphatic carbocycles. The standard InChI is InChI=1S/C13H14N2O4S2/c1-18-7-3-4-9(19-2)8(5-7)14-11(16)6-10-12(17)15-13(20)21-10/h3-5,10H,6H2,1-2H3,(H,14,16)(H,15,17,20)/t10-/m1/s1. The van der Waals surface area contributed by atoms with Crippen LogP contribution in [-0.2, 0) is 9.59 Å². The summed E-state index contributed by atoms with van der Waals surface area (Å²) in [6.45, 7) is 0. The average molecular weight is 326 g/mol. The van der Waals surface area contributed by atoms with Gasteiger partial charge in [0.25, 0.3) is 0 Å². The minimum atomic E-state index is -0.492. The number of carbonyl (C=O) groups excluding carboxylic acids is 2. The number of thiocarbonyl (C=S) groups is 1. The fraction of sp³-hybridized carbons (Fsp3) is 0.308. The lowest BCUT2D eigenvalue weighted by Gasteiger charge is -2.12. The quantitative estimate of drug-likeness (QED) is 0.800. The van der Waals surface area contributed by atoms with Crippen LogP contribution in [0.2, 0.25) is 0 Å². The van der Waals surface area contributed by atoms with Crippen LogP contribution in [-0.4, -0.2) is 35.6 Å². The monoisotopic (exact) mass is 326 g/mol. The van der Waals surface area contributed by atoms with Crippen LogP contribution >= 0.6 is 24.0 Å². The Labute approximate surface area is 131 Å². The zero-order valence-electron chi connectivity index (χ0n) is 11.5. The van der Waals surface area contributed by atoms with E-state index >= 15 is 0 Å². The van der Waals surface area contributed by atoms with E-state index < -0.39 is 5.25 Å². The van der Waals surface area contributed by atoms with Crippen molar-refractivity contribution in [3.63, 3.8) is 0 Å². The van der Waals surface area contributed by atoms with Crippen LogP contribution in [0.15, 0.2) is 18.2 Å². The van der Waals surface area contributed by atoms with Gasteiger partial charge in [-0.25, -0.2) is 0 Å². The summed E-state index contributed by atoms with van der Waals surface area (Å²) >= 11 is 6.08. The molecule has 8 heteroatoms. The highest BCUT2D eigenvalue weighted by Crippen LogP contribution is 2.30. The third-order valence-electron chi connectivity index (χ3n) is 2.82. The molecule has 1 fully saturated rings. The number of benzene rings is 1. The number of anilines is 1. The molecule has 2 rings (SSSR count). The molecule has 1 heterocycles. The molecule has 0 saturated carbocycles. The van der Waals surface area contributed by atoms with E-state index in [-0.39, 0.29) is 18.2 Å². The molecule has 1 aromatic carbocycles. The van der Waals surface area contributed by atoms with Crippen molar-refractivity contribution < 1.29 is 19.1 Å². The number of methoxy groups -OCH3 is 2. The summed E-state index contributed by atoms with van der Waals surface area (Å²) in [6, 6.07) is 5.08. The van der Waals surface area contributed by atoms with Crippen molar-refractivity contribution in [1.82, 2.24) is 5.32 Å². The van der Waals surface area contributed by atoms with Crippen LogP contribution < -0.4 is 20.1 Å². The highest BCUT2D eigenvalue weighted by Gasteiger charge is 2.31. The summed E-state index contributed by atoms with van der Waals surface area (Å²) in [6.07, 6.45) is 0.0387. The summed E-state index contributed by atoms with van der Waals surface area (Å²) in [5.41, 5.74) is 0.493. The summed E-state index contributed by atoms with van der Waals surface area (Å²) < 4.78 is 10.7. The van der Waals surface area contributed by atoms with Gasteiger partial charge < -0.3 is 20.1 Å². The first kappa shape index (κ1) is 15.6. The van der Waals surface area contributed by atoms with Crippen LogP contribution in [0.3, 0.4) is 0 Å². The van der Waals surface area contributed by atoms with Crippen molar-refractivity contribution in [3.8, 4) is 11.5 Å². The Kier molecular flexibility index (Phi) is 5.03. The van der Waals surface area contributed by atoms with Crippen molar-refractivity contribution in [3.05, 3.63) is 18.2 Å². The van der Waals surface area contributed by atoms with Crippen LogP contribution in [0.25, 0.3) is 0 Å². The Balaban J connectivity index is 2.05. The molecule has 0 radical (unpaired) electrons. The molecule has 2 N–H and O–H groups in total. The maximum atomic E-state index is 12.0. The van der Waals surface area contributed by atoms with Gasteiger partial charge >= 0.3 is 0 Å². The van der Waals surface area contributed by atoms with Gasteiger partial charge in [-0.15, -0.1) is 0 Å². The fourth-order valence-corrected chi connectivity index (χ4v) is 3.08. The molecule has 2 amide bonds. The van der Waals surface area contributed by atoms with E-state index in [9.17, 15) is 9.59 Å². The van der Waals surface area contributed by atoms with Gasteiger partial charge in [0.2, 0.25) is 11.8 Å². The molecule has 0 spiro atoms. The molecule has 1 aliphatic rings. The summed E-state index contributed by atoms with van der Waals surface area (Å²) in [5, 5.41) is 4.73. The van der Waals surface area contributed by atoms with Crippen LogP contribution in [0.4, 0.5) is 5.69 Å². The second kappa shape index (κ2) is 6.77. The van der Waals surface area contributed by atoms with Crippen LogP contribution in [0.5, 0.6) is 11.5 Å². The van der Waals surface area contributed by atoms with Gasteiger partial charge in [0, 0.05) is 12.5 Å². The number of hydrogen-bond donors (Lipinski definition) is 2. The minimum absolute atomic E-state index is 0.0387. The van der Waals surface area contributed by atoms with Crippen molar-refractivity contribution >= 4 is 45.8 Å². The first-order valence-corrected chi connectivity index (χ1v) is 7.35. The summed E-state index contributed by atoms with van der Waals surface area (Å²) in [5.74, 6) is 0.583. The topological polar surface area (TPSA) is 76.7 Å². The van der Waals surface area contributed by atoms with E-state index in [0.717, 1.165) is 0 Å². The molecule has 0 bridgehead atoms. The molecule has 6 nitrogen and oxygen atoms in total. The number of rotatable bonds is 5. The maximum absolute atomic E-state index is 12.0. The molecule has 1 aromatic rings. The second-order valence-electron chi connectivity index (χ2n) is 4.20. The van der Waals surface area contributed by atoms with Crippen LogP contribution in [0, 0.1) is 0 Å². The molecule has 21 heavy (non-hydrogen) atoms. The zero-order valence-corrected chi connectivity index (χ0v) is 13.1. The molecular formula is C13H14N2O4S2. The van der Waals surface area contributed by atoms with Gasteiger partial charge in [0.1, 0.15) is 15.8 Å². The third-order valence-corrected chi connectivity index (χ3v) is 4.19. The largest absolute Gasteiger partial charge is 0.497 e. The first-order chi connectivity index (χ1) is 10.0. The van der Waals surface area contributed by atoms with Crippen molar-refractivity contribution in [2.45, 2.75) is 11.7 Å². The van der Waals surface area contributed by atoms with Crippen molar-refractivity contribution in [2.24, 2.45) is 0 Å². The van der Waals surface area contributed by atoms with E-state index in [0.29, 0.717) is 21.5 Å². The Morgan fingerprint density at radius 1 is 1.43 bits per heavy atom. The number of ether oxygens (including phenoxy) is 2. The van der Waals surface area contributed by atoms with Gasteiger partial charge in [-0.05, 0) is 12.1 Å². The minimum Gasteiger partial charge on any atom is -0.497 e. The van der Waals surface area contributed by atoms with E-state index in [4.69, 9.17) is 21.7 Å². The van der Waals surface area contributed by atoms with Crippen molar-refractivity contribution in [2.75, 3.05) is 19.5 Å². The van der Waals surface area contributed by atoms with Gasteiger partial charge in [-0.1, -0.05) is 24.0 Å². The maximum Gasteiger partial charge on any atom is 0.239 e. The lowest BCUT2D eigenvalue weighted by molar-refractivity contribution is -0.122. The number of thioether (sulfide) groups is 1. The predicted molar refractivity (Wildman–Crippen MR) is 84.9 cm³/mol. The SMILES string of the molecule is COc1ccc(OC)c(NC(=O)C[C@H]2SC(=S)NC2=O)c1. The average Bonchev–Trinajstić information content (AvgIpc) is 2.76. The number of hydrogen-bond acceptors (Lipinski definition) is 6. The van der Waals surface area contributed by atoms with E-state index in [2.05, 4.69) is 10.6 Å². The molecular weight excluding hydrogens is 312 g/mol. The highest BCUT2D eigenvalue weighted by atomic mass is 32.2. The normalized spacial score (nSPS) is 17.3. The lowest BCUT2D eigenvalue weighted by Crippen LogP contribution is -2.27. The first-order valence-electron chi connectivity index (χ1n) is 6.07. The predicted octanol–water partition coefficient (Wildman–Crippen LogP) is 1.55. The molecule has 0 unspecified atom stereocenters. The van der Waals surface area contributed by atoms with Gasteiger partial charge in [-0.2, -0.15) is 0 Å². The lowest BCUT2D eigenvalue weighted by atomic mass is 10.2. The Morgan fingerprint density at radius 3 is 2.76 bits per heavy atom. The zero-order chi connectivity index (χ0) is 15.4. The van der Waals surface area contributed by atoms with Gasteiger partial charge in [-0.3, -0.25) is 9.59 Å².